The SMILES string of the molecule is CC1(C)C2=C(C=CCC2)c2ccc(-c3nc(-c4cccc(-c5ccccc5)c4)nc(-c4ccc5c(c4)C(C)(C)c4ccccc4-5)n3)cc21. The minimum absolute atomic E-state index is 0.0330. The zero-order chi connectivity index (χ0) is 32.6. The number of rotatable bonds is 4. The molecule has 232 valence electrons. The summed E-state index contributed by atoms with van der Waals surface area (Å²) in [7, 11) is 0. The maximum Gasteiger partial charge on any atom is 0.164 e. The Morgan fingerprint density at radius 1 is 0.458 bits per heavy atom. The van der Waals surface area contributed by atoms with Gasteiger partial charge in [-0.05, 0) is 81.1 Å². The summed E-state index contributed by atoms with van der Waals surface area (Å²) in [5, 5.41) is 0. The third-order valence-electron chi connectivity index (χ3n) is 10.9. The van der Waals surface area contributed by atoms with Crippen molar-refractivity contribution < 1.29 is 0 Å². The number of hydrogen-bond donors (Lipinski definition) is 0. The Morgan fingerprint density at radius 3 is 1.75 bits per heavy atom. The second kappa shape index (κ2) is 10.6. The van der Waals surface area contributed by atoms with Gasteiger partial charge in [0.1, 0.15) is 0 Å². The number of hydrogen-bond acceptors (Lipinski definition) is 3. The van der Waals surface area contributed by atoms with Gasteiger partial charge >= 0.3 is 0 Å². The van der Waals surface area contributed by atoms with Crippen LogP contribution >= 0.6 is 0 Å². The highest BCUT2D eigenvalue weighted by molar-refractivity contribution is 5.88. The summed E-state index contributed by atoms with van der Waals surface area (Å²) in [5.74, 6) is 2.06. The average Bonchev–Trinajstić information content (AvgIpc) is 3.51. The largest absolute Gasteiger partial charge is 0.208 e. The molecular weight excluding hydrogens is 583 g/mol. The molecule has 0 aliphatic heterocycles. The summed E-state index contributed by atoms with van der Waals surface area (Å²) in [5.41, 5.74) is 16.0. The van der Waals surface area contributed by atoms with Crippen molar-refractivity contribution >= 4 is 5.57 Å². The predicted octanol–water partition coefficient (Wildman–Crippen LogP) is 11.2. The first-order chi connectivity index (χ1) is 23.3. The third kappa shape index (κ3) is 4.37. The third-order valence-corrected chi connectivity index (χ3v) is 10.9. The van der Waals surface area contributed by atoms with E-state index in [9.17, 15) is 0 Å². The van der Waals surface area contributed by atoms with Crippen molar-refractivity contribution in [2.24, 2.45) is 0 Å². The Balaban J connectivity index is 1.21. The van der Waals surface area contributed by atoms with E-state index in [2.05, 4.69) is 155 Å². The van der Waals surface area contributed by atoms with E-state index >= 15 is 0 Å². The van der Waals surface area contributed by atoms with Crippen LogP contribution in [0.15, 0.2) is 133 Å². The Morgan fingerprint density at radius 2 is 1.02 bits per heavy atom. The molecule has 0 saturated heterocycles. The van der Waals surface area contributed by atoms with Crippen LogP contribution in [0.3, 0.4) is 0 Å². The van der Waals surface area contributed by atoms with Crippen LogP contribution in [0.4, 0.5) is 0 Å². The van der Waals surface area contributed by atoms with Gasteiger partial charge in [-0.2, -0.15) is 0 Å². The van der Waals surface area contributed by atoms with Gasteiger partial charge in [0.05, 0.1) is 0 Å². The molecule has 3 aliphatic carbocycles. The molecule has 1 heterocycles. The fraction of sp³-hybridized carbons (Fsp3) is 0.178. The van der Waals surface area contributed by atoms with Crippen molar-refractivity contribution in [2.75, 3.05) is 0 Å². The second-order valence-corrected chi connectivity index (χ2v) is 14.4. The van der Waals surface area contributed by atoms with Crippen LogP contribution in [-0.4, -0.2) is 15.0 Å². The van der Waals surface area contributed by atoms with E-state index in [4.69, 9.17) is 15.0 Å². The monoisotopic (exact) mass is 619 g/mol. The molecular formula is C45H37N3. The lowest BCUT2D eigenvalue weighted by Gasteiger charge is -2.26. The van der Waals surface area contributed by atoms with Crippen molar-refractivity contribution in [1.82, 2.24) is 15.0 Å². The van der Waals surface area contributed by atoms with E-state index in [1.807, 2.05) is 0 Å². The first-order valence-corrected chi connectivity index (χ1v) is 17.0. The Hall–Kier alpha value is -5.41. The van der Waals surface area contributed by atoms with Gasteiger partial charge in [0.25, 0.3) is 0 Å². The van der Waals surface area contributed by atoms with Gasteiger partial charge in [0.2, 0.25) is 0 Å². The Bertz CT molecular complexity index is 2340. The van der Waals surface area contributed by atoms with E-state index in [1.54, 1.807) is 0 Å². The van der Waals surface area contributed by atoms with Crippen molar-refractivity contribution in [1.29, 1.82) is 0 Å². The summed E-state index contributed by atoms with van der Waals surface area (Å²) in [4.78, 5) is 15.6. The van der Waals surface area contributed by atoms with Crippen molar-refractivity contribution in [2.45, 2.75) is 51.4 Å². The molecule has 0 spiro atoms. The summed E-state index contributed by atoms with van der Waals surface area (Å²) < 4.78 is 0. The Kier molecular flexibility index (Phi) is 6.33. The van der Waals surface area contributed by atoms with E-state index in [0.29, 0.717) is 17.5 Å². The molecule has 0 N–H and O–H groups in total. The maximum atomic E-state index is 5.22. The van der Waals surface area contributed by atoms with Gasteiger partial charge in [-0.15, -0.1) is 0 Å². The van der Waals surface area contributed by atoms with Crippen LogP contribution in [0, 0.1) is 0 Å². The molecule has 0 fully saturated rings. The molecule has 0 saturated carbocycles. The molecule has 0 amide bonds. The molecule has 0 atom stereocenters. The first kappa shape index (κ1) is 28.8. The van der Waals surface area contributed by atoms with Gasteiger partial charge in [-0.3, -0.25) is 0 Å². The lowest BCUT2D eigenvalue weighted by molar-refractivity contribution is 0.607. The molecule has 6 aromatic rings. The standard InChI is InChI=1S/C45H37N3/c1-44(2)37-19-10-8-17-33(37)35-23-21-31(26-39(35)44)42-46-41(30-16-12-15-29(25-30)28-13-6-5-7-14-28)47-43(48-42)32-22-24-36-34-18-9-11-20-38(34)45(3,4)40(36)27-32/h5-10,12-19,21-27H,11,20H2,1-4H3. The van der Waals surface area contributed by atoms with Crippen molar-refractivity contribution in [3.63, 3.8) is 0 Å². The minimum atomic E-state index is -0.114. The highest BCUT2D eigenvalue weighted by Crippen LogP contribution is 2.51. The van der Waals surface area contributed by atoms with Gasteiger partial charge in [-0.1, -0.05) is 142 Å². The molecule has 0 radical (unpaired) electrons. The van der Waals surface area contributed by atoms with Crippen LogP contribution in [-0.2, 0) is 10.8 Å². The van der Waals surface area contributed by atoms with Crippen molar-refractivity contribution in [3.8, 4) is 56.4 Å². The lowest BCUT2D eigenvalue weighted by Crippen LogP contribution is -2.17. The Labute approximate surface area is 282 Å². The zero-order valence-corrected chi connectivity index (χ0v) is 27.9. The molecule has 1 aromatic heterocycles. The predicted molar refractivity (Wildman–Crippen MR) is 197 cm³/mol. The normalized spacial score (nSPS) is 16.3. The van der Waals surface area contributed by atoms with E-state index in [-0.39, 0.29) is 10.8 Å². The molecule has 0 bridgehead atoms. The van der Waals surface area contributed by atoms with Gasteiger partial charge in [-0.25, -0.2) is 15.0 Å². The van der Waals surface area contributed by atoms with Crippen LogP contribution in [0.5, 0.6) is 0 Å². The number of fused-ring (bicyclic) bond motifs is 5. The molecule has 3 heteroatoms. The number of allylic oxidation sites excluding steroid dienone is 4. The van der Waals surface area contributed by atoms with E-state index < -0.39 is 0 Å². The smallest absolute Gasteiger partial charge is 0.164 e. The van der Waals surface area contributed by atoms with Gasteiger partial charge in [0, 0.05) is 27.5 Å². The summed E-state index contributed by atoms with van der Waals surface area (Å²) in [6.07, 6.45) is 6.84. The topological polar surface area (TPSA) is 38.7 Å². The fourth-order valence-corrected chi connectivity index (χ4v) is 8.24. The average molecular weight is 620 g/mol. The van der Waals surface area contributed by atoms with Crippen LogP contribution in [0.25, 0.3) is 62.0 Å². The lowest BCUT2D eigenvalue weighted by atomic mass is 9.78. The van der Waals surface area contributed by atoms with Crippen LogP contribution in [0.2, 0.25) is 0 Å². The first-order valence-electron chi connectivity index (χ1n) is 17.0. The minimum Gasteiger partial charge on any atom is -0.208 e. The van der Waals surface area contributed by atoms with Crippen LogP contribution < -0.4 is 0 Å². The maximum absolute atomic E-state index is 5.22. The fourth-order valence-electron chi connectivity index (χ4n) is 8.24. The van der Waals surface area contributed by atoms with Gasteiger partial charge < -0.3 is 0 Å². The second-order valence-electron chi connectivity index (χ2n) is 14.4. The van der Waals surface area contributed by atoms with Crippen molar-refractivity contribution in [3.05, 3.63) is 155 Å². The van der Waals surface area contributed by atoms with E-state index in [1.165, 1.54) is 50.1 Å². The van der Waals surface area contributed by atoms with E-state index in [0.717, 1.165) is 35.1 Å². The number of aromatic nitrogens is 3. The number of benzene rings is 5. The molecule has 3 nitrogen and oxygen atoms in total. The molecule has 5 aromatic carbocycles. The quantitative estimate of drug-likeness (QED) is 0.197. The van der Waals surface area contributed by atoms with Crippen LogP contribution in [0.1, 0.15) is 62.8 Å². The molecule has 0 unspecified atom stereocenters. The molecule has 3 aliphatic rings. The highest BCUT2D eigenvalue weighted by atomic mass is 15.0. The summed E-state index contributed by atoms with van der Waals surface area (Å²) in [6.45, 7) is 9.35. The molecule has 9 rings (SSSR count). The zero-order valence-electron chi connectivity index (χ0n) is 27.9. The molecule has 48 heavy (non-hydrogen) atoms. The number of nitrogens with zero attached hydrogens (tertiary/aromatic N) is 3. The summed E-state index contributed by atoms with van der Waals surface area (Å²) >= 11 is 0. The summed E-state index contributed by atoms with van der Waals surface area (Å²) in [6, 6.07) is 41.3. The highest BCUT2D eigenvalue weighted by Gasteiger charge is 2.38. The van der Waals surface area contributed by atoms with Gasteiger partial charge in [0.15, 0.2) is 17.5 Å².